The third-order valence-corrected chi connectivity index (χ3v) is 7.23. The highest BCUT2D eigenvalue weighted by Gasteiger charge is 2.44. The van der Waals surface area contributed by atoms with Crippen LogP contribution in [0.2, 0.25) is 0 Å². The number of anilines is 2. The van der Waals surface area contributed by atoms with Crippen molar-refractivity contribution in [2.24, 2.45) is 5.41 Å². The first-order valence-electron chi connectivity index (χ1n) is 14.9. The molecule has 1 aliphatic rings. The zero-order chi connectivity index (χ0) is 31.3. The fourth-order valence-corrected chi connectivity index (χ4v) is 5.13. The SMILES string of the molecule is CCOC(=O)C1(Cc2cc(OCc3ccccc3)cc(Nc3ccnn3C(C)(C)C)n2)CCN(C(=O)OC(C)(C)C)CC1. The first-order valence-corrected chi connectivity index (χ1v) is 14.9. The van der Waals surface area contributed by atoms with Gasteiger partial charge in [-0.1, -0.05) is 30.3 Å². The summed E-state index contributed by atoms with van der Waals surface area (Å²) < 4.78 is 19.3. The van der Waals surface area contributed by atoms with Crippen LogP contribution in [0.3, 0.4) is 0 Å². The zero-order valence-electron chi connectivity index (χ0n) is 26.5. The number of hydrogen-bond acceptors (Lipinski definition) is 8. The third kappa shape index (κ3) is 8.49. The average Bonchev–Trinajstić information content (AvgIpc) is 3.41. The summed E-state index contributed by atoms with van der Waals surface area (Å²) >= 11 is 0. The average molecular weight is 592 g/mol. The molecule has 10 nitrogen and oxygen atoms in total. The smallest absolute Gasteiger partial charge is 0.410 e. The third-order valence-electron chi connectivity index (χ3n) is 7.23. The Morgan fingerprint density at radius 1 is 1.00 bits per heavy atom. The van der Waals surface area contributed by atoms with Crippen molar-refractivity contribution in [1.29, 1.82) is 0 Å². The molecule has 3 aromatic rings. The summed E-state index contributed by atoms with van der Waals surface area (Å²) in [6.07, 6.45) is 2.58. The fraction of sp³-hybridized carbons (Fsp3) is 0.515. The van der Waals surface area contributed by atoms with Gasteiger partial charge in [-0.3, -0.25) is 4.79 Å². The number of pyridine rings is 1. The molecule has 0 unspecified atom stereocenters. The van der Waals surface area contributed by atoms with Crippen LogP contribution in [0.1, 0.15) is 72.6 Å². The fourth-order valence-electron chi connectivity index (χ4n) is 5.13. The van der Waals surface area contributed by atoms with Crippen molar-refractivity contribution in [3.8, 4) is 5.75 Å². The number of hydrogen-bond donors (Lipinski definition) is 1. The molecule has 232 valence electrons. The van der Waals surface area contributed by atoms with E-state index < -0.39 is 11.0 Å². The van der Waals surface area contributed by atoms with Gasteiger partial charge in [0.05, 0.1) is 23.8 Å². The van der Waals surface area contributed by atoms with E-state index in [0.29, 0.717) is 56.2 Å². The van der Waals surface area contributed by atoms with Gasteiger partial charge in [0.2, 0.25) is 0 Å². The normalized spacial score (nSPS) is 15.1. The van der Waals surface area contributed by atoms with Crippen molar-refractivity contribution >= 4 is 23.7 Å². The number of nitrogens with zero attached hydrogens (tertiary/aromatic N) is 4. The second kappa shape index (κ2) is 13.1. The molecule has 0 radical (unpaired) electrons. The second-order valence-electron chi connectivity index (χ2n) is 13.0. The van der Waals surface area contributed by atoms with E-state index in [2.05, 4.69) is 31.2 Å². The highest BCUT2D eigenvalue weighted by molar-refractivity contribution is 5.78. The van der Waals surface area contributed by atoms with Gasteiger partial charge in [-0.15, -0.1) is 0 Å². The number of nitrogens with one attached hydrogen (secondary N) is 1. The largest absolute Gasteiger partial charge is 0.489 e. The molecule has 1 saturated heterocycles. The number of ether oxygens (including phenoxy) is 3. The maximum Gasteiger partial charge on any atom is 0.410 e. The first kappa shape index (κ1) is 31.8. The minimum absolute atomic E-state index is 0.244. The van der Waals surface area contributed by atoms with Crippen molar-refractivity contribution < 1.29 is 23.8 Å². The Bertz CT molecular complexity index is 1380. The number of benzene rings is 1. The van der Waals surface area contributed by atoms with Crippen LogP contribution >= 0.6 is 0 Å². The highest BCUT2D eigenvalue weighted by Crippen LogP contribution is 2.38. The van der Waals surface area contributed by atoms with Crippen LogP contribution in [0.4, 0.5) is 16.4 Å². The Hall–Kier alpha value is -4.08. The Kier molecular flexibility index (Phi) is 9.67. The number of piperidine rings is 1. The van der Waals surface area contributed by atoms with Crippen LogP contribution in [-0.4, -0.2) is 57.0 Å². The first-order chi connectivity index (χ1) is 20.3. The summed E-state index contributed by atoms with van der Waals surface area (Å²) in [4.78, 5) is 32.8. The van der Waals surface area contributed by atoms with Crippen LogP contribution < -0.4 is 10.1 Å². The van der Waals surface area contributed by atoms with Crippen LogP contribution in [-0.2, 0) is 32.8 Å². The minimum Gasteiger partial charge on any atom is -0.489 e. The maximum atomic E-state index is 13.5. The molecular weight excluding hydrogens is 546 g/mol. The summed E-state index contributed by atoms with van der Waals surface area (Å²) in [5.41, 5.74) is 0.0473. The molecule has 0 spiro atoms. The van der Waals surface area contributed by atoms with E-state index in [0.717, 1.165) is 11.4 Å². The number of rotatable bonds is 9. The predicted octanol–water partition coefficient (Wildman–Crippen LogP) is 6.48. The summed E-state index contributed by atoms with van der Waals surface area (Å²) in [5, 5.41) is 7.90. The molecule has 1 aromatic carbocycles. The molecule has 0 saturated carbocycles. The molecule has 0 aliphatic carbocycles. The van der Waals surface area contributed by atoms with Gasteiger partial charge >= 0.3 is 12.1 Å². The van der Waals surface area contributed by atoms with Gasteiger partial charge in [-0.25, -0.2) is 14.5 Å². The molecule has 1 fully saturated rings. The summed E-state index contributed by atoms with van der Waals surface area (Å²) in [6, 6.07) is 15.6. The van der Waals surface area contributed by atoms with Gasteiger partial charge < -0.3 is 24.4 Å². The number of aromatic nitrogens is 3. The van der Waals surface area contributed by atoms with Crippen LogP contribution in [0.25, 0.3) is 0 Å². The Morgan fingerprint density at radius 2 is 1.70 bits per heavy atom. The van der Waals surface area contributed by atoms with E-state index in [1.807, 2.05) is 74.0 Å². The number of carbonyl (C=O) groups is 2. The van der Waals surface area contributed by atoms with E-state index in [4.69, 9.17) is 19.2 Å². The van der Waals surface area contributed by atoms with Gasteiger partial charge in [-0.2, -0.15) is 5.10 Å². The predicted molar refractivity (Wildman–Crippen MR) is 165 cm³/mol. The molecule has 4 rings (SSSR count). The highest BCUT2D eigenvalue weighted by atomic mass is 16.6. The lowest BCUT2D eigenvalue weighted by molar-refractivity contribution is -0.158. The van der Waals surface area contributed by atoms with Crippen LogP contribution in [0, 0.1) is 5.41 Å². The van der Waals surface area contributed by atoms with Gasteiger partial charge in [0, 0.05) is 43.4 Å². The molecule has 1 aliphatic heterocycles. The van der Waals surface area contributed by atoms with Crippen LogP contribution in [0.15, 0.2) is 54.7 Å². The maximum absolute atomic E-state index is 13.5. The van der Waals surface area contributed by atoms with Crippen molar-refractivity contribution in [2.75, 3.05) is 25.0 Å². The van der Waals surface area contributed by atoms with Crippen molar-refractivity contribution in [1.82, 2.24) is 19.7 Å². The lowest BCUT2D eigenvalue weighted by atomic mass is 9.74. The van der Waals surface area contributed by atoms with Gasteiger partial charge in [-0.05, 0) is 66.9 Å². The Balaban J connectivity index is 1.63. The molecule has 10 heteroatoms. The molecule has 3 heterocycles. The summed E-state index contributed by atoms with van der Waals surface area (Å²) in [5.74, 6) is 1.72. The quantitative estimate of drug-likeness (QED) is 0.282. The van der Waals surface area contributed by atoms with E-state index in [9.17, 15) is 9.59 Å². The van der Waals surface area contributed by atoms with E-state index >= 15 is 0 Å². The Labute approximate surface area is 254 Å². The summed E-state index contributed by atoms with van der Waals surface area (Å²) in [7, 11) is 0. The number of amides is 1. The summed E-state index contributed by atoms with van der Waals surface area (Å²) in [6.45, 7) is 15.0. The molecule has 0 bridgehead atoms. The molecule has 0 atom stereocenters. The van der Waals surface area contributed by atoms with Gasteiger partial charge in [0.25, 0.3) is 0 Å². The van der Waals surface area contributed by atoms with Crippen molar-refractivity contribution in [3.63, 3.8) is 0 Å². The molecule has 2 aromatic heterocycles. The monoisotopic (exact) mass is 591 g/mol. The Morgan fingerprint density at radius 3 is 2.33 bits per heavy atom. The van der Waals surface area contributed by atoms with Crippen LogP contribution in [0.5, 0.6) is 5.75 Å². The van der Waals surface area contributed by atoms with E-state index in [1.54, 1.807) is 18.0 Å². The lowest BCUT2D eigenvalue weighted by Gasteiger charge is -2.40. The molecular formula is C33H45N5O5. The topological polar surface area (TPSA) is 108 Å². The second-order valence-corrected chi connectivity index (χ2v) is 13.0. The van der Waals surface area contributed by atoms with Gasteiger partial charge in [0.15, 0.2) is 0 Å². The molecule has 1 N–H and O–H groups in total. The van der Waals surface area contributed by atoms with Crippen molar-refractivity contribution in [2.45, 2.75) is 85.5 Å². The van der Waals surface area contributed by atoms with Crippen molar-refractivity contribution in [3.05, 3.63) is 66.0 Å². The van der Waals surface area contributed by atoms with E-state index in [1.165, 1.54) is 0 Å². The number of likely N-dealkylation sites (tertiary alicyclic amines) is 1. The van der Waals surface area contributed by atoms with Gasteiger partial charge in [0.1, 0.15) is 29.6 Å². The lowest BCUT2D eigenvalue weighted by Crippen LogP contribution is -2.49. The minimum atomic E-state index is -0.843. The number of esters is 1. The van der Waals surface area contributed by atoms with E-state index in [-0.39, 0.29) is 24.2 Å². The standard InChI is InChI=1S/C33H45N5O5/c1-8-41-29(39)33(15-18-37(19-16-33)30(40)43-32(5,6)7)22-25-20-26(42-23-24-12-10-9-11-13-24)21-27(35-25)36-28-14-17-34-38(28)31(2,3)4/h9-14,17,20-21H,8,15-16,18-19,22-23H2,1-7H3,(H,35,36). The molecule has 1 amide bonds. The number of carbonyl (C=O) groups excluding carboxylic acids is 2. The zero-order valence-corrected chi connectivity index (χ0v) is 26.5. The molecule has 43 heavy (non-hydrogen) atoms.